The molecule has 1 N–H and O–H groups in total. The molecule has 2 saturated heterocycles. The van der Waals surface area contributed by atoms with Crippen LogP contribution in [0.25, 0.3) is 22.3 Å². The third-order valence-electron chi connectivity index (χ3n) is 8.01. The lowest BCUT2D eigenvalue weighted by molar-refractivity contribution is -0.143. The fraction of sp³-hybridized carbons (Fsp3) is 0.385. The summed E-state index contributed by atoms with van der Waals surface area (Å²) in [5.74, 6) is -2.53. The number of halogens is 4. The van der Waals surface area contributed by atoms with E-state index >= 15 is 0 Å². The predicted octanol–water partition coefficient (Wildman–Crippen LogP) is 3.10. The van der Waals surface area contributed by atoms with Crippen LogP contribution in [0.4, 0.5) is 17.6 Å². The zero-order valence-electron chi connectivity index (χ0n) is 21.6. The maximum atomic E-state index is 14.5. The molecule has 0 aliphatic carbocycles. The van der Waals surface area contributed by atoms with Crippen LogP contribution in [0.15, 0.2) is 43.2 Å². The van der Waals surface area contributed by atoms with Crippen LogP contribution >= 0.6 is 0 Å². The fourth-order valence-electron chi connectivity index (χ4n) is 5.66. The minimum atomic E-state index is -5.01. The van der Waals surface area contributed by atoms with Crippen molar-refractivity contribution in [3.05, 3.63) is 60.3 Å². The topological polar surface area (TPSA) is 120 Å². The second kappa shape index (κ2) is 9.65. The summed E-state index contributed by atoms with van der Waals surface area (Å²) in [6.45, 7) is 1.13. The Morgan fingerprint density at radius 3 is 2.63 bits per heavy atom. The number of carbonyl (C=O) groups excluding carboxylic acids is 1. The van der Waals surface area contributed by atoms with Gasteiger partial charge >= 0.3 is 6.18 Å². The SMILES string of the molecule is [B]C1(N2CC(CC#N)(n3cc(-c4ncnc5[nH]ccc45)cn3)C2)CCN(C(=O)c2ccnc(C(F)(F)F)c2F)CC1. The first-order valence-electron chi connectivity index (χ1n) is 12.8. The Morgan fingerprint density at radius 2 is 1.93 bits per heavy atom. The number of aromatic amines is 1. The summed E-state index contributed by atoms with van der Waals surface area (Å²) in [5.41, 5.74) is -1.64. The number of pyridine rings is 1. The maximum Gasteiger partial charge on any atom is 0.436 e. The van der Waals surface area contributed by atoms with Gasteiger partial charge in [-0.25, -0.2) is 19.3 Å². The Labute approximate surface area is 232 Å². The van der Waals surface area contributed by atoms with E-state index in [-0.39, 0.29) is 19.5 Å². The van der Waals surface area contributed by atoms with Crippen molar-refractivity contribution in [1.82, 2.24) is 39.5 Å². The minimum Gasteiger partial charge on any atom is -0.346 e. The van der Waals surface area contributed by atoms with E-state index in [2.05, 4.69) is 31.1 Å². The molecule has 10 nitrogen and oxygen atoms in total. The molecule has 0 unspecified atom stereocenters. The number of piperidine rings is 1. The molecule has 0 saturated carbocycles. The molecule has 41 heavy (non-hydrogen) atoms. The molecule has 2 radical (unpaired) electrons. The lowest BCUT2D eigenvalue weighted by Gasteiger charge is -2.59. The van der Waals surface area contributed by atoms with Gasteiger partial charge in [-0.1, -0.05) is 0 Å². The van der Waals surface area contributed by atoms with Gasteiger partial charge < -0.3 is 14.8 Å². The molecular weight excluding hydrogens is 541 g/mol. The van der Waals surface area contributed by atoms with Gasteiger partial charge in [0.15, 0.2) is 11.5 Å². The number of hydrogen-bond acceptors (Lipinski definition) is 7. The Morgan fingerprint density at radius 1 is 1.17 bits per heavy atom. The van der Waals surface area contributed by atoms with Crippen LogP contribution in [0.5, 0.6) is 0 Å². The Balaban J connectivity index is 1.15. The van der Waals surface area contributed by atoms with Gasteiger partial charge in [0.2, 0.25) is 0 Å². The summed E-state index contributed by atoms with van der Waals surface area (Å²) in [5, 5.41) is 15.0. The Bertz CT molecular complexity index is 1660. The van der Waals surface area contributed by atoms with Crippen molar-refractivity contribution in [2.75, 3.05) is 26.2 Å². The van der Waals surface area contributed by atoms with Gasteiger partial charge in [-0.2, -0.15) is 23.5 Å². The van der Waals surface area contributed by atoms with E-state index < -0.39 is 40.1 Å². The molecule has 4 aromatic heterocycles. The lowest BCUT2D eigenvalue weighted by Crippen LogP contribution is -2.71. The van der Waals surface area contributed by atoms with E-state index in [0.717, 1.165) is 23.2 Å². The fourth-order valence-corrected chi connectivity index (χ4v) is 5.66. The van der Waals surface area contributed by atoms with Gasteiger partial charge in [0, 0.05) is 55.7 Å². The number of hydrogen-bond donors (Lipinski definition) is 1. The highest BCUT2D eigenvalue weighted by Gasteiger charge is 2.52. The summed E-state index contributed by atoms with van der Waals surface area (Å²) in [4.78, 5) is 30.9. The highest BCUT2D eigenvalue weighted by atomic mass is 19.4. The van der Waals surface area contributed by atoms with Crippen molar-refractivity contribution in [2.45, 2.75) is 36.4 Å². The van der Waals surface area contributed by atoms with E-state index in [1.807, 2.05) is 17.2 Å². The first kappa shape index (κ1) is 26.9. The van der Waals surface area contributed by atoms with E-state index in [9.17, 15) is 27.6 Å². The molecule has 6 rings (SSSR count). The summed E-state index contributed by atoms with van der Waals surface area (Å²) < 4.78 is 55.5. The normalized spacial score (nSPS) is 18.7. The molecule has 15 heteroatoms. The molecule has 0 bridgehead atoms. The van der Waals surface area contributed by atoms with Gasteiger partial charge in [0.25, 0.3) is 5.91 Å². The number of alkyl halides is 3. The third-order valence-corrected chi connectivity index (χ3v) is 8.01. The zero-order valence-corrected chi connectivity index (χ0v) is 21.6. The summed E-state index contributed by atoms with van der Waals surface area (Å²) in [6.07, 6.45) is 3.38. The molecule has 0 atom stereocenters. The van der Waals surface area contributed by atoms with Crippen molar-refractivity contribution in [3.63, 3.8) is 0 Å². The van der Waals surface area contributed by atoms with Crippen molar-refractivity contribution in [1.29, 1.82) is 5.26 Å². The summed E-state index contributed by atoms with van der Waals surface area (Å²) >= 11 is 0. The summed E-state index contributed by atoms with van der Waals surface area (Å²) in [6, 6.07) is 5.08. The minimum absolute atomic E-state index is 0.131. The van der Waals surface area contributed by atoms with Gasteiger partial charge in [-0.15, -0.1) is 0 Å². The van der Waals surface area contributed by atoms with Crippen LogP contribution in [0, 0.1) is 17.1 Å². The number of fused-ring (bicyclic) bond motifs is 1. The molecule has 2 fully saturated rings. The molecule has 4 aromatic rings. The van der Waals surface area contributed by atoms with Gasteiger partial charge in [-0.05, 0) is 30.4 Å². The molecule has 208 valence electrons. The molecule has 6 heterocycles. The van der Waals surface area contributed by atoms with Gasteiger partial charge in [-0.3, -0.25) is 9.48 Å². The van der Waals surface area contributed by atoms with Crippen LogP contribution in [0.1, 0.15) is 35.3 Å². The standard InChI is InChI=1S/C26H22BF4N9O/c27-25(4-9-38(10-5-25)23(41)17-1-7-33-21(19(17)28)26(29,30)31)39-13-24(14-39,3-6-32)40-12-16(11-37-40)20-18-2-8-34-22(18)36-15-35-20/h1-2,7-8,11-12,15H,3-5,9-10,13-14H2,(H,34,35,36). The number of rotatable bonds is 5. The van der Waals surface area contributed by atoms with Gasteiger partial charge in [0.05, 0.1) is 37.8 Å². The predicted molar refractivity (Wildman–Crippen MR) is 138 cm³/mol. The summed E-state index contributed by atoms with van der Waals surface area (Å²) in [7, 11) is 6.74. The third kappa shape index (κ3) is 4.52. The first-order valence-corrected chi connectivity index (χ1v) is 12.8. The molecule has 2 aliphatic rings. The monoisotopic (exact) mass is 563 g/mol. The average Bonchev–Trinajstić information content (AvgIpc) is 3.60. The molecule has 2 aliphatic heterocycles. The van der Waals surface area contributed by atoms with Crippen LogP contribution in [0.3, 0.4) is 0 Å². The number of nitriles is 1. The Kier molecular flexibility index (Phi) is 6.33. The van der Waals surface area contributed by atoms with E-state index in [0.29, 0.717) is 37.3 Å². The molecule has 1 amide bonds. The largest absolute Gasteiger partial charge is 0.436 e. The smallest absolute Gasteiger partial charge is 0.346 e. The van der Waals surface area contributed by atoms with Crippen molar-refractivity contribution < 1.29 is 22.4 Å². The van der Waals surface area contributed by atoms with Crippen molar-refractivity contribution >= 4 is 24.8 Å². The second-order valence-corrected chi connectivity index (χ2v) is 10.5. The van der Waals surface area contributed by atoms with Crippen LogP contribution in [-0.2, 0) is 11.7 Å². The lowest BCUT2D eigenvalue weighted by atomic mass is 9.65. The van der Waals surface area contributed by atoms with Gasteiger partial charge in [0.1, 0.15) is 17.5 Å². The first-order chi connectivity index (χ1) is 19.5. The number of amides is 1. The highest BCUT2D eigenvalue weighted by Crippen LogP contribution is 2.41. The number of nitrogens with one attached hydrogen (secondary N) is 1. The zero-order chi connectivity index (χ0) is 29.0. The number of likely N-dealkylation sites (tertiary alicyclic amines) is 2. The van der Waals surface area contributed by atoms with Crippen molar-refractivity contribution in [3.8, 4) is 17.3 Å². The maximum absolute atomic E-state index is 14.5. The van der Waals surface area contributed by atoms with Crippen molar-refractivity contribution in [2.24, 2.45) is 0 Å². The second-order valence-electron chi connectivity index (χ2n) is 10.5. The Hall–Kier alpha value is -4.32. The molecule has 0 spiro atoms. The number of carbonyl (C=O) groups is 1. The van der Waals surface area contributed by atoms with E-state index in [1.165, 1.54) is 11.2 Å². The average molecular weight is 563 g/mol. The molecule has 0 aromatic carbocycles. The quantitative estimate of drug-likeness (QED) is 0.293. The van der Waals surface area contributed by atoms with Crippen LogP contribution in [0.2, 0.25) is 0 Å². The number of nitrogens with zero attached hydrogens (tertiary/aromatic N) is 8. The van der Waals surface area contributed by atoms with Crippen LogP contribution < -0.4 is 0 Å². The van der Waals surface area contributed by atoms with Crippen LogP contribution in [-0.4, -0.2) is 84.9 Å². The number of H-pyrrole nitrogens is 1. The van der Waals surface area contributed by atoms with E-state index in [1.54, 1.807) is 17.1 Å². The van der Waals surface area contributed by atoms with E-state index in [4.69, 9.17) is 7.85 Å². The highest BCUT2D eigenvalue weighted by molar-refractivity contribution is 6.15. The number of aromatic nitrogens is 6. The molecular formula is C26H22BF4N9O.